The SMILES string of the molecule is CC(N)C(=O)NCc1ccc(F)cc1F. The van der Waals surface area contributed by atoms with Gasteiger partial charge in [-0.15, -0.1) is 0 Å². The highest BCUT2D eigenvalue weighted by Gasteiger charge is 2.08. The molecular formula is C10H12F2N2O. The van der Waals surface area contributed by atoms with E-state index >= 15 is 0 Å². The normalized spacial score (nSPS) is 12.3. The van der Waals surface area contributed by atoms with E-state index in [0.29, 0.717) is 0 Å². The van der Waals surface area contributed by atoms with Crippen molar-refractivity contribution in [3.8, 4) is 0 Å². The zero-order chi connectivity index (χ0) is 11.4. The van der Waals surface area contributed by atoms with Crippen LogP contribution < -0.4 is 11.1 Å². The third kappa shape index (κ3) is 3.28. The van der Waals surface area contributed by atoms with Crippen molar-refractivity contribution in [2.75, 3.05) is 0 Å². The van der Waals surface area contributed by atoms with Crippen LogP contribution in [0.15, 0.2) is 18.2 Å². The highest BCUT2D eigenvalue weighted by molar-refractivity contribution is 5.80. The van der Waals surface area contributed by atoms with Crippen molar-refractivity contribution in [1.29, 1.82) is 0 Å². The summed E-state index contributed by atoms with van der Waals surface area (Å²) in [5, 5.41) is 2.43. The minimum atomic E-state index is -0.681. The molecule has 0 heterocycles. The highest BCUT2D eigenvalue weighted by Crippen LogP contribution is 2.08. The Bertz CT molecular complexity index is 366. The summed E-state index contributed by atoms with van der Waals surface area (Å²) in [6, 6.07) is 2.55. The van der Waals surface area contributed by atoms with E-state index in [0.717, 1.165) is 12.1 Å². The minimum Gasteiger partial charge on any atom is -0.351 e. The summed E-state index contributed by atoms with van der Waals surface area (Å²) < 4.78 is 25.6. The van der Waals surface area contributed by atoms with E-state index < -0.39 is 17.7 Å². The van der Waals surface area contributed by atoms with Gasteiger partial charge in [0.1, 0.15) is 11.6 Å². The Labute approximate surface area is 86.3 Å². The zero-order valence-electron chi connectivity index (χ0n) is 8.26. The van der Waals surface area contributed by atoms with Crippen LogP contribution >= 0.6 is 0 Å². The molecule has 3 nitrogen and oxygen atoms in total. The van der Waals surface area contributed by atoms with Gasteiger partial charge in [-0.05, 0) is 13.0 Å². The predicted octanol–water partition coefficient (Wildman–Crippen LogP) is 0.928. The molecule has 82 valence electrons. The van der Waals surface area contributed by atoms with Gasteiger partial charge >= 0.3 is 0 Å². The average Bonchev–Trinajstić information content (AvgIpc) is 2.15. The fraction of sp³-hybridized carbons (Fsp3) is 0.300. The van der Waals surface area contributed by atoms with Gasteiger partial charge in [0.05, 0.1) is 6.04 Å². The molecule has 0 bridgehead atoms. The summed E-state index contributed by atoms with van der Waals surface area (Å²) in [5.41, 5.74) is 5.52. The lowest BCUT2D eigenvalue weighted by Gasteiger charge is -2.08. The first-order valence-electron chi connectivity index (χ1n) is 4.48. The molecule has 0 saturated heterocycles. The number of nitrogens with one attached hydrogen (secondary N) is 1. The Morgan fingerprint density at radius 1 is 1.53 bits per heavy atom. The Kier molecular flexibility index (Phi) is 3.74. The summed E-state index contributed by atoms with van der Waals surface area (Å²) in [5.74, 6) is -1.70. The lowest BCUT2D eigenvalue weighted by molar-refractivity contribution is -0.122. The largest absolute Gasteiger partial charge is 0.351 e. The summed E-state index contributed by atoms with van der Waals surface area (Å²) >= 11 is 0. The van der Waals surface area contributed by atoms with Crippen LogP contribution in [0.3, 0.4) is 0 Å². The Hall–Kier alpha value is -1.49. The molecule has 0 aliphatic rings. The predicted molar refractivity (Wildman–Crippen MR) is 51.9 cm³/mol. The molecule has 1 aromatic rings. The second kappa shape index (κ2) is 4.84. The molecule has 1 aromatic carbocycles. The van der Waals surface area contributed by atoms with E-state index in [-0.39, 0.29) is 18.0 Å². The van der Waals surface area contributed by atoms with Crippen molar-refractivity contribution in [2.45, 2.75) is 19.5 Å². The van der Waals surface area contributed by atoms with E-state index in [1.165, 1.54) is 13.0 Å². The second-order valence-corrected chi connectivity index (χ2v) is 3.24. The monoisotopic (exact) mass is 214 g/mol. The topological polar surface area (TPSA) is 55.1 Å². The van der Waals surface area contributed by atoms with Crippen LogP contribution in [0.5, 0.6) is 0 Å². The molecule has 1 rings (SSSR count). The van der Waals surface area contributed by atoms with Crippen LogP contribution in [0.2, 0.25) is 0 Å². The zero-order valence-corrected chi connectivity index (χ0v) is 8.26. The molecule has 1 atom stereocenters. The number of nitrogens with two attached hydrogens (primary N) is 1. The number of hydrogen-bond acceptors (Lipinski definition) is 2. The van der Waals surface area contributed by atoms with E-state index in [4.69, 9.17) is 5.73 Å². The van der Waals surface area contributed by atoms with E-state index in [2.05, 4.69) is 5.32 Å². The molecule has 15 heavy (non-hydrogen) atoms. The average molecular weight is 214 g/mol. The molecule has 1 amide bonds. The van der Waals surface area contributed by atoms with Gasteiger partial charge < -0.3 is 11.1 Å². The van der Waals surface area contributed by atoms with Gasteiger partial charge in [-0.2, -0.15) is 0 Å². The van der Waals surface area contributed by atoms with E-state index in [1.54, 1.807) is 0 Å². The summed E-state index contributed by atoms with van der Waals surface area (Å²) in [6.45, 7) is 1.53. The van der Waals surface area contributed by atoms with Crippen LogP contribution in [-0.2, 0) is 11.3 Å². The molecule has 0 fully saturated rings. The third-order valence-electron chi connectivity index (χ3n) is 1.88. The van der Waals surface area contributed by atoms with Crippen molar-refractivity contribution >= 4 is 5.91 Å². The van der Waals surface area contributed by atoms with Crippen LogP contribution in [-0.4, -0.2) is 11.9 Å². The number of halogens is 2. The standard InChI is InChI=1S/C10H12F2N2O/c1-6(13)10(15)14-5-7-2-3-8(11)4-9(7)12/h2-4,6H,5,13H2,1H3,(H,14,15). The molecular weight excluding hydrogens is 202 g/mol. The maximum absolute atomic E-state index is 13.1. The smallest absolute Gasteiger partial charge is 0.236 e. The second-order valence-electron chi connectivity index (χ2n) is 3.24. The minimum absolute atomic E-state index is 0.00644. The molecule has 5 heteroatoms. The number of benzene rings is 1. The summed E-state index contributed by atoms with van der Waals surface area (Å²) in [4.78, 5) is 11.1. The molecule has 0 radical (unpaired) electrons. The first-order valence-corrected chi connectivity index (χ1v) is 4.48. The number of amides is 1. The third-order valence-corrected chi connectivity index (χ3v) is 1.88. The maximum Gasteiger partial charge on any atom is 0.236 e. The molecule has 0 aromatic heterocycles. The number of carbonyl (C=O) groups excluding carboxylic acids is 1. The maximum atomic E-state index is 13.1. The van der Waals surface area contributed by atoms with Gasteiger partial charge in [-0.25, -0.2) is 8.78 Å². The molecule has 0 aliphatic heterocycles. The van der Waals surface area contributed by atoms with Crippen LogP contribution in [0.1, 0.15) is 12.5 Å². The van der Waals surface area contributed by atoms with Gasteiger partial charge in [-0.1, -0.05) is 6.07 Å². The number of hydrogen-bond donors (Lipinski definition) is 2. The fourth-order valence-corrected chi connectivity index (χ4v) is 1.01. The van der Waals surface area contributed by atoms with Gasteiger partial charge in [0.25, 0.3) is 0 Å². The summed E-state index contributed by atoms with van der Waals surface area (Å²) in [7, 11) is 0. The van der Waals surface area contributed by atoms with E-state index in [1.807, 2.05) is 0 Å². The number of rotatable bonds is 3. The van der Waals surface area contributed by atoms with Crippen LogP contribution in [0.25, 0.3) is 0 Å². The lowest BCUT2D eigenvalue weighted by atomic mass is 10.2. The molecule has 0 aliphatic carbocycles. The van der Waals surface area contributed by atoms with Crippen LogP contribution in [0.4, 0.5) is 8.78 Å². The lowest BCUT2D eigenvalue weighted by Crippen LogP contribution is -2.37. The number of carbonyl (C=O) groups is 1. The van der Waals surface area contributed by atoms with E-state index in [9.17, 15) is 13.6 Å². The van der Waals surface area contributed by atoms with Gasteiger partial charge in [0.2, 0.25) is 5.91 Å². The molecule has 0 spiro atoms. The van der Waals surface area contributed by atoms with Crippen molar-refractivity contribution in [3.63, 3.8) is 0 Å². The Morgan fingerprint density at radius 2 is 2.20 bits per heavy atom. The molecule has 3 N–H and O–H groups in total. The van der Waals surface area contributed by atoms with Crippen LogP contribution in [0, 0.1) is 11.6 Å². The first-order chi connectivity index (χ1) is 7.00. The van der Waals surface area contributed by atoms with Crippen molar-refractivity contribution in [1.82, 2.24) is 5.32 Å². The molecule has 1 unspecified atom stereocenters. The Balaban J connectivity index is 2.62. The van der Waals surface area contributed by atoms with Gasteiger partial charge in [-0.3, -0.25) is 4.79 Å². The first kappa shape index (κ1) is 11.6. The van der Waals surface area contributed by atoms with Gasteiger partial charge in [0, 0.05) is 18.2 Å². The van der Waals surface area contributed by atoms with Gasteiger partial charge in [0.15, 0.2) is 0 Å². The van der Waals surface area contributed by atoms with Crippen molar-refractivity contribution in [2.24, 2.45) is 5.73 Å². The van der Waals surface area contributed by atoms with Crippen molar-refractivity contribution in [3.05, 3.63) is 35.4 Å². The quantitative estimate of drug-likeness (QED) is 0.786. The highest BCUT2D eigenvalue weighted by atomic mass is 19.1. The fourth-order valence-electron chi connectivity index (χ4n) is 1.01. The Morgan fingerprint density at radius 3 is 2.73 bits per heavy atom. The van der Waals surface area contributed by atoms with Crippen molar-refractivity contribution < 1.29 is 13.6 Å². The molecule has 0 saturated carbocycles. The summed E-state index contributed by atoms with van der Waals surface area (Å²) in [6.07, 6.45) is 0.